The second-order valence-corrected chi connectivity index (χ2v) is 13.3. The van der Waals surface area contributed by atoms with E-state index < -0.39 is 22.7 Å². The number of aromatic amines is 1. The summed E-state index contributed by atoms with van der Waals surface area (Å²) in [5, 5.41) is 26.0. The van der Waals surface area contributed by atoms with E-state index in [2.05, 4.69) is 15.0 Å². The molecule has 1 aliphatic rings. The number of aliphatic hydroxyl groups excluding tert-OH is 1. The van der Waals surface area contributed by atoms with Crippen LogP contribution in [0.1, 0.15) is 27.1 Å². The van der Waals surface area contributed by atoms with Gasteiger partial charge in [-0.05, 0) is 29.3 Å². The fourth-order valence-electron chi connectivity index (χ4n) is 5.56. The van der Waals surface area contributed by atoms with Gasteiger partial charge in [0.25, 0.3) is 0 Å². The first kappa shape index (κ1) is 31.5. The number of phenols is 1. The Labute approximate surface area is 273 Å². The van der Waals surface area contributed by atoms with Gasteiger partial charge in [0.15, 0.2) is 11.5 Å². The lowest BCUT2D eigenvalue weighted by atomic mass is 9.91. The number of rotatable bonds is 9. The Morgan fingerprint density at radius 3 is 2.67 bits per heavy atom. The number of methoxy groups -OCH3 is 2. The largest absolute Gasteiger partial charge is 0.504 e. The average Bonchev–Trinajstić information content (AvgIpc) is 3.70. The Balaban J connectivity index is 1.45. The molecule has 3 aromatic carbocycles. The molecule has 46 heavy (non-hydrogen) atoms. The normalized spacial score (nSPS) is 19.5. The first-order valence-corrected chi connectivity index (χ1v) is 16.3. The number of thioether (sulfide) groups is 2. The molecule has 0 saturated carbocycles. The summed E-state index contributed by atoms with van der Waals surface area (Å²) in [5.74, 6) is -0.546. The van der Waals surface area contributed by atoms with Crippen LogP contribution in [0.5, 0.6) is 11.5 Å². The lowest BCUT2D eigenvalue weighted by Crippen LogP contribution is -2.44. The van der Waals surface area contributed by atoms with Gasteiger partial charge < -0.3 is 39.3 Å². The predicted molar refractivity (Wildman–Crippen MR) is 177 cm³/mol. The van der Waals surface area contributed by atoms with Crippen LogP contribution in [0.15, 0.2) is 85.2 Å². The summed E-state index contributed by atoms with van der Waals surface area (Å²) >= 11 is 2.95. The van der Waals surface area contributed by atoms with Crippen molar-refractivity contribution < 1.29 is 34.0 Å². The van der Waals surface area contributed by atoms with Gasteiger partial charge in [-0.2, -0.15) is 0 Å². The molecule has 6 rings (SSSR count). The Hall–Kier alpha value is -4.43. The topological polar surface area (TPSA) is 148 Å². The van der Waals surface area contributed by atoms with Crippen LogP contribution in [0.3, 0.4) is 0 Å². The van der Waals surface area contributed by atoms with Crippen LogP contribution in [0.2, 0.25) is 0 Å². The molecule has 0 unspecified atom stereocenters. The molecule has 11 nitrogen and oxygen atoms in total. The number of ether oxygens (including phenoxy) is 3. The van der Waals surface area contributed by atoms with E-state index in [1.165, 1.54) is 36.7 Å². The lowest BCUT2D eigenvalue weighted by Gasteiger charge is -2.44. The Morgan fingerprint density at radius 2 is 1.89 bits per heavy atom. The number of imidazole rings is 1. The standard InChI is InChI=1S/C33H32N4O7S2/c1-42-25-16-21(12-13-24(25)38)33(32-34-14-15-37(32)19-44-17-20-8-4-3-5-9-20)26(39)18-45-31(46-33)27-22-10-6-7-11-23(22)35-28(27)36-29(40)30(41)43-2/h3-16,26,31,35,38-39H,17-19H2,1-2H3,(H,36,40)/t26-,31+,33+/m0/s1. The van der Waals surface area contributed by atoms with Crippen LogP contribution < -0.4 is 10.1 Å². The summed E-state index contributed by atoms with van der Waals surface area (Å²) < 4.78 is 16.5. The fraction of sp³-hybridized carbons (Fsp3) is 0.242. The summed E-state index contributed by atoms with van der Waals surface area (Å²) in [6.07, 6.45) is 2.53. The van der Waals surface area contributed by atoms with Crippen molar-refractivity contribution in [1.82, 2.24) is 14.5 Å². The quantitative estimate of drug-likeness (QED) is 0.124. The van der Waals surface area contributed by atoms with E-state index in [-0.39, 0.29) is 22.8 Å². The van der Waals surface area contributed by atoms with Crippen LogP contribution >= 0.6 is 23.5 Å². The highest BCUT2D eigenvalue weighted by Gasteiger charge is 2.52. The number of para-hydroxylation sites is 1. The smallest absolute Gasteiger partial charge is 0.396 e. The molecule has 13 heteroatoms. The third kappa shape index (κ3) is 5.94. The van der Waals surface area contributed by atoms with Crippen LogP contribution in [-0.2, 0) is 37.1 Å². The summed E-state index contributed by atoms with van der Waals surface area (Å²) in [6, 6.07) is 22.4. The number of phenolic OH excluding ortho intramolecular Hbond substituents is 1. The molecule has 3 atom stereocenters. The molecule has 2 aromatic heterocycles. The third-order valence-electron chi connectivity index (χ3n) is 7.76. The van der Waals surface area contributed by atoms with Crippen molar-refractivity contribution in [2.75, 3.05) is 25.3 Å². The molecule has 1 saturated heterocycles. The van der Waals surface area contributed by atoms with Gasteiger partial charge in [0.2, 0.25) is 0 Å². The number of H-pyrrole nitrogens is 1. The molecule has 5 aromatic rings. The van der Waals surface area contributed by atoms with E-state index in [1.807, 2.05) is 59.2 Å². The molecule has 238 valence electrons. The number of hydrogen-bond donors (Lipinski definition) is 4. The minimum atomic E-state index is -1.18. The van der Waals surface area contributed by atoms with E-state index in [4.69, 9.17) is 14.5 Å². The van der Waals surface area contributed by atoms with E-state index in [0.717, 1.165) is 29.1 Å². The maximum absolute atomic E-state index is 12.7. The summed E-state index contributed by atoms with van der Waals surface area (Å²) in [4.78, 5) is 32.7. The number of carbonyl (C=O) groups excluding carboxylic acids is 2. The number of carbonyl (C=O) groups is 2. The molecule has 1 fully saturated rings. The molecule has 4 N–H and O–H groups in total. The number of aromatic hydroxyl groups is 1. The highest BCUT2D eigenvalue weighted by atomic mass is 32.2. The molecule has 0 aliphatic carbocycles. The zero-order valence-corrected chi connectivity index (χ0v) is 26.6. The van der Waals surface area contributed by atoms with Crippen molar-refractivity contribution in [2.24, 2.45) is 0 Å². The van der Waals surface area contributed by atoms with Crippen molar-refractivity contribution in [3.05, 3.63) is 108 Å². The number of aromatic nitrogens is 3. The molecule has 0 radical (unpaired) electrons. The van der Waals surface area contributed by atoms with Crippen molar-refractivity contribution in [2.45, 2.75) is 28.8 Å². The van der Waals surface area contributed by atoms with E-state index >= 15 is 0 Å². The van der Waals surface area contributed by atoms with E-state index in [1.54, 1.807) is 24.5 Å². The van der Waals surface area contributed by atoms with Gasteiger partial charge in [-0.1, -0.05) is 54.6 Å². The van der Waals surface area contributed by atoms with Gasteiger partial charge in [0.05, 0.1) is 31.5 Å². The maximum atomic E-state index is 12.7. The SMILES string of the molecule is COC(=O)C(=O)Nc1[nH]c2ccccc2c1[C@@H]1SC[C@H](O)[C@](c2ccc(O)c(OC)c2)(c2nccn2COCc2ccccc2)S1. The molecular formula is C33H32N4O7S2. The Morgan fingerprint density at radius 1 is 1.11 bits per heavy atom. The van der Waals surface area contributed by atoms with Gasteiger partial charge in [-0.3, -0.25) is 4.79 Å². The molecule has 3 heterocycles. The Kier molecular flexibility index (Phi) is 9.27. The first-order chi connectivity index (χ1) is 22.3. The van der Waals surface area contributed by atoms with Gasteiger partial charge in [0, 0.05) is 34.6 Å². The number of nitrogens with zero attached hydrogens (tertiary/aromatic N) is 2. The zero-order valence-electron chi connectivity index (χ0n) is 25.0. The van der Waals surface area contributed by atoms with Gasteiger partial charge >= 0.3 is 11.9 Å². The highest BCUT2D eigenvalue weighted by molar-refractivity contribution is 8.17. The van der Waals surface area contributed by atoms with Crippen LogP contribution in [-0.4, -0.2) is 62.7 Å². The van der Waals surface area contributed by atoms with Crippen molar-refractivity contribution in [3.8, 4) is 11.5 Å². The molecule has 0 bridgehead atoms. The summed E-state index contributed by atoms with van der Waals surface area (Å²) in [5.41, 5.74) is 3.17. The second kappa shape index (κ2) is 13.5. The van der Waals surface area contributed by atoms with E-state index in [9.17, 15) is 19.8 Å². The predicted octanol–water partition coefficient (Wildman–Crippen LogP) is 5.15. The summed E-state index contributed by atoms with van der Waals surface area (Å²) in [7, 11) is 2.61. The fourth-order valence-corrected chi connectivity index (χ4v) is 9.13. The minimum absolute atomic E-state index is 0.0402. The van der Waals surface area contributed by atoms with Gasteiger partial charge in [-0.25, -0.2) is 9.78 Å². The van der Waals surface area contributed by atoms with Crippen molar-refractivity contribution >= 4 is 52.1 Å². The molecule has 1 aliphatic heterocycles. The van der Waals surface area contributed by atoms with Crippen LogP contribution in [0.4, 0.5) is 5.82 Å². The number of aliphatic hydroxyl groups is 1. The minimum Gasteiger partial charge on any atom is -0.504 e. The number of fused-ring (bicyclic) bond motifs is 1. The number of esters is 1. The number of hydrogen-bond acceptors (Lipinski definition) is 10. The highest BCUT2D eigenvalue weighted by Crippen LogP contribution is 2.61. The number of nitrogens with one attached hydrogen (secondary N) is 2. The second-order valence-electron chi connectivity index (χ2n) is 10.5. The van der Waals surface area contributed by atoms with Gasteiger partial charge in [-0.15, -0.1) is 23.5 Å². The third-order valence-corrected chi connectivity index (χ3v) is 11.0. The molecule has 0 spiro atoms. The van der Waals surface area contributed by atoms with E-state index in [0.29, 0.717) is 29.6 Å². The average molecular weight is 661 g/mol. The molecule has 1 amide bonds. The summed E-state index contributed by atoms with van der Waals surface area (Å²) in [6.45, 7) is 0.547. The van der Waals surface area contributed by atoms with Crippen molar-refractivity contribution in [1.29, 1.82) is 0 Å². The number of anilines is 1. The number of benzene rings is 3. The molecular weight excluding hydrogens is 629 g/mol. The van der Waals surface area contributed by atoms with Crippen molar-refractivity contribution in [3.63, 3.8) is 0 Å². The number of amides is 1. The van der Waals surface area contributed by atoms with Crippen LogP contribution in [0.25, 0.3) is 10.9 Å². The first-order valence-electron chi connectivity index (χ1n) is 14.3. The zero-order chi connectivity index (χ0) is 32.3. The van der Waals surface area contributed by atoms with Gasteiger partial charge in [0.1, 0.15) is 23.1 Å². The monoisotopic (exact) mass is 660 g/mol. The lowest BCUT2D eigenvalue weighted by molar-refractivity contribution is -0.150. The van der Waals surface area contributed by atoms with Crippen LogP contribution in [0, 0.1) is 0 Å². The Bertz CT molecular complexity index is 1860. The maximum Gasteiger partial charge on any atom is 0.396 e.